The molecule has 0 unspecified atom stereocenters. The Balaban J connectivity index is 0.986. The Bertz CT molecular complexity index is 3180. The van der Waals surface area contributed by atoms with Gasteiger partial charge in [-0.15, -0.1) is 0 Å². The summed E-state index contributed by atoms with van der Waals surface area (Å²) in [6, 6.07) is 63.3. The largest absolute Gasteiger partial charge is 0.455 e. The Kier molecular flexibility index (Phi) is 7.74. The van der Waals surface area contributed by atoms with E-state index in [1.807, 2.05) is 12.3 Å². The van der Waals surface area contributed by atoms with Gasteiger partial charge in [0.05, 0.1) is 0 Å². The highest BCUT2D eigenvalue weighted by Gasteiger charge is 2.17. The van der Waals surface area contributed by atoms with Gasteiger partial charge in [-0.3, -0.25) is 4.98 Å². The van der Waals surface area contributed by atoms with Gasteiger partial charge in [-0.2, -0.15) is 0 Å². The first-order valence-corrected chi connectivity index (χ1v) is 19.0. The molecule has 0 aliphatic carbocycles. The van der Waals surface area contributed by atoms with Crippen molar-refractivity contribution < 1.29 is 4.42 Å². The lowest BCUT2D eigenvalue weighted by atomic mass is 9.98. The second-order valence-electron chi connectivity index (χ2n) is 14.3. The lowest BCUT2D eigenvalue weighted by Gasteiger charge is -2.10. The first-order chi connectivity index (χ1) is 28.2. The number of hydrogen-bond acceptors (Lipinski definition) is 5. The third-order valence-electron chi connectivity index (χ3n) is 10.8. The van der Waals surface area contributed by atoms with E-state index in [-0.39, 0.29) is 0 Å². The predicted octanol–water partition coefficient (Wildman–Crippen LogP) is 13.5. The van der Waals surface area contributed by atoms with E-state index in [1.54, 1.807) is 6.20 Å². The Labute approximate surface area is 328 Å². The molecule has 8 aromatic carbocycles. The highest BCUT2D eigenvalue weighted by Crippen LogP contribution is 2.40. The minimum atomic E-state index is 0.615. The number of nitrogens with zero attached hydrogens (tertiary/aromatic N) is 4. The SMILES string of the molecule is c1cncc(-c2ccc(-c3cccc4c3oc3c(-c5ccc(-c6nc(-c7ccc8ccccc8c7)nc(-c7ccc8ccccc8c7)n6)cc5)cccc34)cc2)c1. The van der Waals surface area contributed by atoms with Crippen LogP contribution in [0.1, 0.15) is 0 Å². The van der Waals surface area contributed by atoms with Crippen LogP contribution >= 0.6 is 0 Å². The van der Waals surface area contributed by atoms with Gasteiger partial charge in [0.25, 0.3) is 0 Å². The number of fused-ring (bicyclic) bond motifs is 5. The first kappa shape index (κ1) is 32.7. The molecule has 0 saturated carbocycles. The van der Waals surface area contributed by atoms with Gasteiger partial charge in [-0.25, -0.2) is 15.0 Å². The number of rotatable bonds is 6. The molecule has 0 aliphatic rings. The second-order valence-corrected chi connectivity index (χ2v) is 14.3. The van der Waals surface area contributed by atoms with Crippen molar-refractivity contribution in [1.29, 1.82) is 0 Å². The Morgan fingerprint density at radius 3 is 1.28 bits per heavy atom. The number of hydrogen-bond donors (Lipinski definition) is 0. The standard InChI is InChI=1S/C52H32N4O/c1-3-10-39-30-41(27-19-33(39)8-1)51-54-50(55-52(56-51)42-28-20-34-9-2-4-11-40(34)31-42)38-25-23-37(24-26-38)45-14-6-16-47-46-15-5-13-44(48(46)57-49(45)47)36-21-17-35(18-22-36)43-12-7-29-53-32-43/h1-32H. The van der Waals surface area contributed by atoms with Gasteiger partial charge in [-0.1, -0.05) is 164 Å². The molecule has 0 radical (unpaired) electrons. The summed E-state index contributed by atoms with van der Waals surface area (Å²) < 4.78 is 6.80. The molecule has 11 rings (SSSR count). The Morgan fingerprint density at radius 2 is 0.772 bits per heavy atom. The van der Waals surface area contributed by atoms with Crippen LogP contribution in [0.5, 0.6) is 0 Å². The van der Waals surface area contributed by atoms with Crippen LogP contribution in [0.15, 0.2) is 199 Å². The fourth-order valence-electron chi connectivity index (χ4n) is 7.87. The van der Waals surface area contributed by atoms with Gasteiger partial charge in [0, 0.05) is 51.0 Å². The highest BCUT2D eigenvalue weighted by atomic mass is 16.3. The van der Waals surface area contributed by atoms with E-state index in [9.17, 15) is 0 Å². The molecule has 5 nitrogen and oxygen atoms in total. The van der Waals surface area contributed by atoms with E-state index >= 15 is 0 Å². The molecule has 0 aliphatic heterocycles. The van der Waals surface area contributed by atoms with Crippen LogP contribution in [0.2, 0.25) is 0 Å². The number of para-hydroxylation sites is 2. The van der Waals surface area contributed by atoms with Crippen molar-refractivity contribution in [3.05, 3.63) is 194 Å². The number of benzene rings is 8. The molecule has 0 saturated heterocycles. The quantitative estimate of drug-likeness (QED) is 0.171. The van der Waals surface area contributed by atoms with Crippen LogP contribution in [0, 0.1) is 0 Å². The van der Waals surface area contributed by atoms with Crippen molar-refractivity contribution >= 4 is 43.5 Å². The minimum absolute atomic E-state index is 0.615. The summed E-state index contributed by atoms with van der Waals surface area (Å²) in [6.45, 7) is 0. The average molecular weight is 729 g/mol. The van der Waals surface area contributed by atoms with E-state index in [0.29, 0.717) is 17.5 Å². The van der Waals surface area contributed by atoms with Gasteiger partial charge in [0.15, 0.2) is 17.5 Å². The molecule has 5 heteroatoms. The third-order valence-corrected chi connectivity index (χ3v) is 10.8. The van der Waals surface area contributed by atoms with E-state index in [4.69, 9.17) is 19.4 Å². The molecule has 0 amide bonds. The maximum absolute atomic E-state index is 6.80. The fourth-order valence-corrected chi connectivity index (χ4v) is 7.87. The van der Waals surface area contributed by atoms with Crippen molar-refractivity contribution in [2.24, 2.45) is 0 Å². The van der Waals surface area contributed by atoms with E-state index < -0.39 is 0 Å². The zero-order valence-electron chi connectivity index (χ0n) is 30.7. The monoisotopic (exact) mass is 728 g/mol. The molecule has 0 N–H and O–H groups in total. The smallest absolute Gasteiger partial charge is 0.164 e. The van der Waals surface area contributed by atoms with Gasteiger partial charge in [0.1, 0.15) is 11.2 Å². The van der Waals surface area contributed by atoms with E-state index in [1.165, 1.54) is 10.8 Å². The van der Waals surface area contributed by atoms with Crippen molar-refractivity contribution in [1.82, 2.24) is 19.9 Å². The summed E-state index contributed by atoms with van der Waals surface area (Å²) in [5, 5.41) is 6.79. The zero-order valence-corrected chi connectivity index (χ0v) is 30.7. The van der Waals surface area contributed by atoms with E-state index in [2.05, 4.69) is 181 Å². The highest BCUT2D eigenvalue weighted by molar-refractivity contribution is 6.13. The Hall–Kier alpha value is -7.76. The molecule has 57 heavy (non-hydrogen) atoms. The number of aromatic nitrogens is 4. The lowest BCUT2D eigenvalue weighted by molar-refractivity contribution is 0.671. The predicted molar refractivity (Wildman–Crippen MR) is 233 cm³/mol. The maximum Gasteiger partial charge on any atom is 0.164 e. The number of pyridine rings is 1. The summed E-state index contributed by atoms with van der Waals surface area (Å²) in [5.74, 6) is 1.88. The topological polar surface area (TPSA) is 64.7 Å². The third kappa shape index (κ3) is 5.90. The van der Waals surface area contributed by atoms with Crippen LogP contribution in [-0.4, -0.2) is 19.9 Å². The van der Waals surface area contributed by atoms with Gasteiger partial charge >= 0.3 is 0 Å². The van der Waals surface area contributed by atoms with Gasteiger partial charge in [0.2, 0.25) is 0 Å². The Morgan fingerprint density at radius 1 is 0.316 bits per heavy atom. The average Bonchev–Trinajstić information content (AvgIpc) is 3.68. The summed E-state index contributed by atoms with van der Waals surface area (Å²) in [5.41, 5.74) is 11.0. The molecular weight excluding hydrogens is 697 g/mol. The summed E-state index contributed by atoms with van der Waals surface area (Å²) >= 11 is 0. The first-order valence-electron chi connectivity index (χ1n) is 19.0. The van der Waals surface area contributed by atoms with Crippen LogP contribution in [0.25, 0.3) is 111 Å². The summed E-state index contributed by atoms with van der Waals surface area (Å²) in [7, 11) is 0. The van der Waals surface area contributed by atoms with Gasteiger partial charge < -0.3 is 4.42 Å². The molecule has 0 spiro atoms. The van der Waals surface area contributed by atoms with Crippen LogP contribution < -0.4 is 0 Å². The van der Waals surface area contributed by atoms with Crippen LogP contribution in [0.4, 0.5) is 0 Å². The van der Waals surface area contributed by atoms with Crippen molar-refractivity contribution in [3.63, 3.8) is 0 Å². The molecule has 266 valence electrons. The molecule has 0 atom stereocenters. The summed E-state index contributed by atoms with van der Waals surface area (Å²) in [6.07, 6.45) is 3.68. The van der Waals surface area contributed by atoms with Crippen LogP contribution in [-0.2, 0) is 0 Å². The van der Waals surface area contributed by atoms with Crippen LogP contribution in [0.3, 0.4) is 0 Å². The normalized spacial score (nSPS) is 11.5. The molecular formula is C52H32N4O. The number of furan rings is 1. The molecule has 11 aromatic rings. The second kappa shape index (κ2) is 13.5. The fraction of sp³-hybridized carbons (Fsp3) is 0. The van der Waals surface area contributed by atoms with Crippen molar-refractivity contribution in [2.75, 3.05) is 0 Å². The zero-order chi connectivity index (χ0) is 37.7. The van der Waals surface area contributed by atoms with E-state index in [0.717, 1.165) is 82.8 Å². The molecule has 0 fully saturated rings. The van der Waals surface area contributed by atoms with Crippen molar-refractivity contribution in [2.45, 2.75) is 0 Å². The molecule has 0 bridgehead atoms. The summed E-state index contributed by atoms with van der Waals surface area (Å²) in [4.78, 5) is 19.5. The van der Waals surface area contributed by atoms with Gasteiger partial charge in [-0.05, 0) is 62.0 Å². The molecule has 3 aromatic heterocycles. The van der Waals surface area contributed by atoms with Crippen molar-refractivity contribution in [3.8, 4) is 67.5 Å². The lowest BCUT2D eigenvalue weighted by Crippen LogP contribution is -2.00. The minimum Gasteiger partial charge on any atom is -0.455 e. The maximum atomic E-state index is 6.80. The molecule has 3 heterocycles.